The summed E-state index contributed by atoms with van der Waals surface area (Å²) in [6.07, 6.45) is 0.737. The normalized spacial score (nSPS) is 17.7. The van der Waals surface area contributed by atoms with Crippen LogP contribution in [0.5, 0.6) is 0 Å². The molecule has 2 aromatic rings. The van der Waals surface area contributed by atoms with Crippen LogP contribution in [0.25, 0.3) is 0 Å². The molecule has 0 radical (unpaired) electrons. The number of aromatic nitrogens is 1. The molecule has 3 rings (SSSR count). The number of carbonyl (C=O) groups is 1. The molecule has 2 heterocycles. The molecule has 8 heteroatoms. The van der Waals surface area contributed by atoms with Gasteiger partial charge in [-0.2, -0.15) is 13.2 Å². The summed E-state index contributed by atoms with van der Waals surface area (Å²) < 4.78 is 38.9. The van der Waals surface area contributed by atoms with Crippen LogP contribution < -0.4 is 10.2 Å². The van der Waals surface area contributed by atoms with Crippen molar-refractivity contribution in [3.05, 3.63) is 52.8 Å². The van der Waals surface area contributed by atoms with Crippen LogP contribution in [0.3, 0.4) is 0 Å². The van der Waals surface area contributed by atoms with E-state index in [1.165, 1.54) is 18.7 Å². The van der Waals surface area contributed by atoms with Crippen LogP contribution in [0.4, 0.5) is 24.5 Å². The Morgan fingerprint density at radius 1 is 1.30 bits per heavy atom. The average molecular weight is 398 g/mol. The minimum atomic E-state index is -4.59. The number of nitrogens with zero attached hydrogens (tertiary/aromatic N) is 2. The molecule has 1 aromatic heterocycles. The number of hydrogen-bond donors (Lipinski definition) is 1. The van der Waals surface area contributed by atoms with Crippen LogP contribution in [0.1, 0.15) is 35.7 Å². The van der Waals surface area contributed by atoms with Crippen molar-refractivity contribution in [3.8, 4) is 0 Å². The molecule has 1 aliphatic heterocycles. The second kappa shape index (κ2) is 7.76. The first-order chi connectivity index (χ1) is 12.7. The number of nitrogens with one attached hydrogen (secondary N) is 1. The highest BCUT2D eigenvalue weighted by Crippen LogP contribution is 2.36. The smallest absolute Gasteiger partial charge is 0.370 e. The van der Waals surface area contributed by atoms with E-state index in [1.807, 2.05) is 0 Å². The van der Waals surface area contributed by atoms with E-state index in [1.54, 1.807) is 12.3 Å². The second-order valence-corrected chi connectivity index (χ2v) is 7.18. The first-order valence-electron chi connectivity index (χ1n) is 8.62. The van der Waals surface area contributed by atoms with Gasteiger partial charge in [-0.05, 0) is 43.0 Å². The molecule has 0 spiro atoms. The summed E-state index contributed by atoms with van der Waals surface area (Å²) in [4.78, 5) is 18.8. The number of piperidine rings is 1. The molecule has 144 valence electrons. The molecule has 27 heavy (non-hydrogen) atoms. The largest absolute Gasteiger partial charge is 0.417 e. The highest BCUT2D eigenvalue weighted by molar-refractivity contribution is 6.31. The van der Waals surface area contributed by atoms with Crippen molar-refractivity contribution in [2.45, 2.75) is 25.9 Å². The van der Waals surface area contributed by atoms with Crippen LogP contribution in [0.15, 0.2) is 36.7 Å². The number of anilines is 2. The summed E-state index contributed by atoms with van der Waals surface area (Å²) in [6.45, 7) is 3.96. The van der Waals surface area contributed by atoms with E-state index in [4.69, 9.17) is 11.6 Å². The van der Waals surface area contributed by atoms with Gasteiger partial charge < -0.3 is 10.2 Å². The first kappa shape index (κ1) is 19.5. The summed E-state index contributed by atoms with van der Waals surface area (Å²) in [5.74, 6) is 0.0379. The standard InChI is InChI=1S/C19H19ClF3N3O/c1-12-3-2-6-26(11-12)15-7-13(9-24-10-15)18(27)25-14-4-5-17(20)16(8-14)19(21,22)23/h4-5,7-10,12H,2-3,6,11H2,1H3,(H,25,27). The van der Waals surface area contributed by atoms with Gasteiger partial charge in [0.2, 0.25) is 0 Å². The molecule has 1 amide bonds. The summed E-state index contributed by atoms with van der Waals surface area (Å²) in [6, 6.07) is 4.98. The lowest BCUT2D eigenvalue weighted by molar-refractivity contribution is -0.137. The van der Waals surface area contributed by atoms with E-state index in [0.717, 1.165) is 37.3 Å². The van der Waals surface area contributed by atoms with Crippen molar-refractivity contribution in [2.75, 3.05) is 23.3 Å². The van der Waals surface area contributed by atoms with Crippen molar-refractivity contribution >= 4 is 28.9 Å². The lowest BCUT2D eigenvalue weighted by Crippen LogP contribution is -2.34. The minimum Gasteiger partial charge on any atom is -0.370 e. The molecular formula is C19H19ClF3N3O. The van der Waals surface area contributed by atoms with Gasteiger partial charge in [0.05, 0.1) is 28.0 Å². The van der Waals surface area contributed by atoms with Crippen LogP contribution in [0, 0.1) is 5.92 Å². The third-order valence-electron chi connectivity index (χ3n) is 4.54. The van der Waals surface area contributed by atoms with E-state index in [0.29, 0.717) is 5.92 Å². The third kappa shape index (κ3) is 4.71. The van der Waals surface area contributed by atoms with Crippen LogP contribution in [0.2, 0.25) is 5.02 Å². The number of carbonyl (C=O) groups excluding carboxylic acids is 1. The predicted octanol–water partition coefficient (Wildman–Crippen LogP) is 5.24. The summed E-state index contributed by atoms with van der Waals surface area (Å²) in [7, 11) is 0. The van der Waals surface area contributed by atoms with Crippen molar-refractivity contribution in [2.24, 2.45) is 5.92 Å². The van der Waals surface area contributed by atoms with E-state index < -0.39 is 22.7 Å². The van der Waals surface area contributed by atoms with Gasteiger partial charge in [-0.25, -0.2) is 0 Å². The molecule has 1 fully saturated rings. The Kier molecular flexibility index (Phi) is 5.60. The third-order valence-corrected chi connectivity index (χ3v) is 4.87. The lowest BCUT2D eigenvalue weighted by Gasteiger charge is -2.32. The average Bonchev–Trinajstić information content (AvgIpc) is 2.62. The lowest BCUT2D eigenvalue weighted by atomic mass is 10.00. The quantitative estimate of drug-likeness (QED) is 0.770. The fourth-order valence-corrected chi connectivity index (χ4v) is 3.40. The van der Waals surface area contributed by atoms with Crippen LogP contribution >= 0.6 is 11.6 Å². The number of alkyl halides is 3. The number of pyridine rings is 1. The van der Waals surface area contributed by atoms with E-state index in [2.05, 4.69) is 22.1 Å². The number of benzene rings is 1. The molecule has 0 saturated carbocycles. The molecule has 0 aliphatic carbocycles. The van der Waals surface area contributed by atoms with Gasteiger partial charge in [0.1, 0.15) is 0 Å². The number of hydrogen-bond acceptors (Lipinski definition) is 3. The summed E-state index contributed by atoms with van der Waals surface area (Å²) >= 11 is 5.60. The van der Waals surface area contributed by atoms with Gasteiger partial charge in [0, 0.05) is 25.0 Å². The topological polar surface area (TPSA) is 45.2 Å². The number of rotatable bonds is 3. The Hall–Kier alpha value is -2.28. The summed E-state index contributed by atoms with van der Waals surface area (Å²) in [5, 5.41) is 2.07. The van der Waals surface area contributed by atoms with Gasteiger partial charge in [0.25, 0.3) is 5.91 Å². The highest BCUT2D eigenvalue weighted by Gasteiger charge is 2.33. The van der Waals surface area contributed by atoms with Crippen molar-refractivity contribution < 1.29 is 18.0 Å². The maximum atomic E-state index is 13.0. The SMILES string of the molecule is CC1CCCN(c2cncc(C(=O)Nc3ccc(Cl)c(C(F)(F)F)c3)c2)C1. The molecule has 0 bridgehead atoms. The van der Waals surface area contributed by atoms with Gasteiger partial charge in [-0.15, -0.1) is 0 Å². The maximum Gasteiger partial charge on any atom is 0.417 e. The molecule has 1 unspecified atom stereocenters. The molecule has 1 N–H and O–H groups in total. The Bertz CT molecular complexity index is 841. The van der Waals surface area contributed by atoms with Crippen LogP contribution in [-0.4, -0.2) is 24.0 Å². The van der Waals surface area contributed by atoms with Gasteiger partial charge in [-0.1, -0.05) is 18.5 Å². The van der Waals surface area contributed by atoms with Gasteiger partial charge in [0.15, 0.2) is 0 Å². The highest BCUT2D eigenvalue weighted by atomic mass is 35.5. The molecule has 4 nitrogen and oxygen atoms in total. The second-order valence-electron chi connectivity index (χ2n) is 6.77. The fraction of sp³-hybridized carbons (Fsp3) is 0.368. The Labute approximate surface area is 160 Å². The Morgan fingerprint density at radius 3 is 2.78 bits per heavy atom. The number of amides is 1. The molecule has 1 aliphatic rings. The predicted molar refractivity (Wildman–Crippen MR) is 99.3 cm³/mol. The van der Waals surface area contributed by atoms with Gasteiger partial charge >= 0.3 is 6.18 Å². The van der Waals surface area contributed by atoms with Crippen molar-refractivity contribution in [1.29, 1.82) is 0 Å². The molecule has 1 atom stereocenters. The van der Waals surface area contributed by atoms with E-state index in [-0.39, 0.29) is 11.3 Å². The molecular weight excluding hydrogens is 379 g/mol. The fourth-order valence-electron chi connectivity index (χ4n) is 3.17. The Balaban J connectivity index is 1.78. The monoisotopic (exact) mass is 397 g/mol. The first-order valence-corrected chi connectivity index (χ1v) is 9.00. The minimum absolute atomic E-state index is 0.0220. The zero-order valence-corrected chi connectivity index (χ0v) is 15.4. The van der Waals surface area contributed by atoms with Gasteiger partial charge in [-0.3, -0.25) is 9.78 Å². The number of halogens is 4. The van der Waals surface area contributed by atoms with E-state index >= 15 is 0 Å². The Morgan fingerprint density at radius 2 is 2.07 bits per heavy atom. The van der Waals surface area contributed by atoms with Crippen LogP contribution in [-0.2, 0) is 6.18 Å². The maximum absolute atomic E-state index is 13.0. The summed E-state index contributed by atoms with van der Waals surface area (Å²) in [5.41, 5.74) is 0.153. The van der Waals surface area contributed by atoms with E-state index in [9.17, 15) is 18.0 Å². The molecule has 1 aromatic carbocycles. The zero-order valence-electron chi connectivity index (χ0n) is 14.7. The van der Waals surface area contributed by atoms with Crippen molar-refractivity contribution in [1.82, 2.24) is 4.98 Å². The molecule has 1 saturated heterocycles. The zero-order chi connectivity index (χ0) is 19.6. The van der Waals surface area contributed by atoms with Crippen molar-refractivity contribution in [3.63, 3.8) is 0 Å².